The van der Waals surface area contributed by atoms with Gasteiger partial charge in [-0.25, -0.2) is 9.18 Å². The van der Waals surface area contributed by atoms with Crippen molar-refractivity contribution < 1.29 is 37.1 Å². The lowest BCUT2D eigenvalue weighted by atomic mass is 10.1. The molecule has 0 amide bonds. The number of benzene rings is 1. The van der Waals surface area contributed by atoms with Crippen LogP contribution in [0.5, 0.6) is 5.75 Å². The van der Waals surface area contributed by atoms with Crippen molar-refractivity contribution in [3.05, 3.63) is 33.6 Å². The van der Waals surface area contributed by atoms with Crippen LogP contribution < -0.4 is 4.74 Å². The minimum atomic E-state index is -4.53. The van der Waals surface area contributed by atoms with Gasteiger partial charge < -0.3 is 9.84 Å². The summed E-state index contributed by atoms with van der Waals surface area (Å²) < 4.78 is 53.5. The molecule has 0 saturated carbocycles. The van der Waals surface area contributed by atoms with Gasteiger partial charge >= 0.3 is 17.8 Å². The fraction of sp³-hybridized carbons (Fsp3) is 0.300. The Balaban J connectivity index is 3.03. The number of nitrogens with zero attached hydrogens (tertiary/aromatic N) is 1. The zero-order valence-electron chi connectivity index (χ0n) is 9.61. The summed E-state index contributed by atoms with van der Waals surface area (Å²) in [5.41, 5.74) is -1.90. The van der Waals surface area contributed by atoms with Crippen molar-refractivity contribution in [2.45, 2.75) is 12.6 Å². The van der Waals surface area contributed by atoms with Crippen LogP contribution >= 0.6 is 0 Å². The predicted molar refractivity (Wildman–Crippen MR) is 56.2 cm³/mol. The minimum Gasteiger partial charge on any atom is -0.486 e. The van der Waals surface area contributed by atoms with Gasteiger partial charge in [0.1, 0.15) is 11.4 Å². The lowest BCUT2D eigenvalue weighted by Crippen LogP contribution is -2.14. The van der Waals surface area contributed by atoms with Crippen LogP contribution in [0.25, 0.3) is 0 Å². The fourth-order valence-electron chi connectivity index (χ4n) is 1.24. The van der Waals surface area contributed by atoms with Crippen LogP contribution in [0.4, 0.5) is 23.2 Å². The second-order valence-electron chi connectivity index (χ2n) is 3.58. The number of alkyl halides is 3. The number of carboxylic acid groups (broad SMARTS) is 1. The van der Waals surface area contributed by atoms with Crippen molar-refractivity contribution in [1.29, 1.82) is 0 Å². The average molecular weight is 297 g/mol. The molecule has 0 spiro atoms. The van der Waals surface area contributed by atoms with Crippen molar-refractivity contribution >= 4 is 11.7 Å². The highest BCUT2D eigenvalue weighted by Gasteiger charge is 2.28. The van der Waals surface area contributed by atoms with Gasteiger partial charge in [-0.15, -0.1) is 0 Å². The van der Waals surface area contributed by atoms with E-state index < -0.39 is 52.9 Å². The molecule has 0 aliphatic carbocycles. The maximum absolute atomic E-state index is 13.3. The standard InChI is InChI=1S/C10H7F4NO5/c11-6-4-8(20-2-1-10(12,13)14)7(15(18)19)3-5(6)9(16)17/h3-4H,1-2H2,(H,16,17). The Morgan fingerprint density at radius 1 is 1.40 bits per heavy atom. The minimum absolute atomic E-state index is 0.373. The summed E-state index contributed by atoms with van der Waals surface area (Å²) in [5.74, 6) is -3.85. The molecule has 6 nitrogen and oxygen atoms in total. The Kier molecular flexibility index (Phi) is 4.48. The third-order valence-corrected chi connectivity index (χ3v) is 2.12. The smallest absolute Gasteiger partial charge is 0.392 e. The van der Waals surface area contributed by atoms with E-state index in [4.69, 9.17) is 5.11 Å². The predicted octanol–water partition coefficient (Wildman–Crippen LogP) is 2.76. The number of hydrogen-bond acceptors (Lipinski definition) is 4. The van der Waals surface area contributed by atoms with E-state index in [1.807, 2.05) is 0 Å². The Bertz CT molecular complexity index is 543. The molecule has 0 unspecified atom stereocenters. The van der Waals surface area contributed by atoms with Crippen molar-refractivity contribution in [3.63, 3.8) is 0 Å². The van der Waals surface area contributed by atoms with E-state index in [1.165, 1.54) is 0 Å². The molecule has 0 atom stereocenters. The quantitative estimate of drug-likeness (QED) is 0.512. The van der Waals surface area contributed by atoms with E-state index in [2.05, 4.69) is 4.74 Å². The number of nitro groups is 1. The third kappa shape index (κ3) is 4.07. The first kappa shape index (κ1) is 15.7. The lowest BCUT2D eigenvalue weighted by molar-refractivity contribution is -0.386. The Morgan fingerprint density at radius 2 is 2.00 bits per heavy atom. The first-order valence-corrected chi connectivity index (χ1v) is 5.02. The van der Waals surface area contributed by atoms with Gasteiger partial charge in [0.05, 0.1) is 18.0 Å². The largest absolute Gasteiger partial charge is 0.486 e. The molecule has 0 aliphatic rings. The summed E-state index contributed by atoms with van der Waals surface area (Å²) in [5, 5.41) is 19.2. The van der Waals surface area contributed by atoms with E-state index >= 15 is 0 Å². The summed E-state index contributed by atoms with van der Waals surface area (Å²) in [6.07, 6.45) is -5.92. The molecule has 0 radical (unpaired) electrons. The van der Waals surface area contributed by atoms with Gasteiger partial charge in [-0.2, -0.15) is 13.2 Å². The normalized spacial score (nSPS) is 11.2. The van der Waals surface area contributed by atoms with Crippen LogP contribution in [-0.4, -0.2) is 28.8 Å². The summed E-state index contributed by atoms with van der Waals surface area (Å²) in [6.45, 7) is -0.948. The number of rotatable bonds is 5. The van der Waals surface area contributed by atoms with E-state index in [0.717, 1.165) is 0 Å². The number of carbonyl (C=O) groups is 1. The van der Waals surface area contributed by atoms with E-state index in [1.54, 1.807) is 0 Å². The maximum Gasteiger partial charge on any atom is 0.392 e. The van der Waals surface area contributed by atoms with Crippen LogP contribution in [0.1, 0.15) is 16.8 Å². The monoisotopic (exact) mass is 297 g/mol. The highest BCUT2D eigenvalue weighted by atomic mass is 19.4. The van der Waals surface area contributed by atoms with Gasteiger partial charge in [-0.3, -0.25) is 10.1 Å². The first-order chi connectivity index (χ1) is 9.11. The molecule has 1 aromatic rings. The average Bonchev–Trinajstić information content (AvgIpc) is 2.26. The highest BCUT2D eigenvalue weighted by Crippen LogP contribution is 2.31. The van der Waals surface area contributed by atoms with Crippen molar-refractivity contribution in [2.24, 2.45) is 0 Å². The fourth-order valence-corrected chi connectivity index (χ4v) is 1.24. The summed E-state index contributed by atoms with van der Waals surface area (Å²) in [6, 6.07) is 0.762. The van der Waals surface area contributed by atoms with Gasteiger partial charge in [-0.05, 0) is 0 Å². The highest BCUT2D eigenvalue weighted by molar-refractivity contribution is 5.89. The molecule has 0 heterocycles. The van der Waals surface area contributed by atoms with E-state index in [9.17, 15) is 32.5 Å². The Hall–Kier alpha value is -2.39. The molecular formula is C10H7F4NO5. The lowest BCUT2D eigenvalue weighted by Gasteiger charge is -2.09. The van der Waals surface area contributed by atoms with Crippen LogP contribution in [-0.2, 0) is 0 Å². The number of nitro benzene ring substituents is 1. The zero-order chi connectivity index (χ0) is 15.5. The number of ether oxygens (including phenoxy) is 1. The summed E-state index contributed by atoms with van der Waals surface area (Å²) in [7, 11) is 0. The second kappa shape index (κ2) is 5.72. The maximum atomic E-state index is 13.3. The molecule has 20 heavy (non-hydrogen) atoms. The number of aromatic carboxylic acids is 1. The van der Waals surface area contributed by atoms with Crippen molar-refractivity contribution in [2.75, 3.05) is 6.61 Å². The van der Waals surface area contributed by atoms with Crippen LogP contribution in [0.15, 0.2) is 12.1 Å². The molecule has 110 valence electrons. The zero-order valence-corrected chi connectivity index (χ0v) is 9.61. The summed E-state index contributed by atoms with van der Waals surface area (Å²) >= 11 is 0. The van der Waals surface area contributed by atoms with Crippen molar-refractivity contribution in [3.8, 4) is 5.75 Å². The molecule has 10 heteroatoms. The van der Waals surface area contributed by atoms with E-state index in [-0.39, 0.29) is 0 Å². The Morgan fingerprint density at radius 3 is 2.45 bits per heavy atom. The molecule has 0 aliphatic heterocycles. The molecule has 0 fully saturated rings. The van der Waals surface area contributed by atoms with Crippen LogP contribution in [0.2, 0.25) is 0 Å². The van der Waals surface area contributed by atoms with Gasteiger partial charge in [-0.1, -0.05) is 0 Å². The molecule has 0 bridgehead atoms. The van der Waals surface area contributed by atoms with E-state index in [0.29, 0.717) is 12.1 Å². The van der Waals surface area contributed by atoms with Gasteiger partial charge in [0, 0.05) is 12.1 Å². The number of hydrogen-bond donors (Lipinski definition) is 1. The summed E-state index contributed by atoms with van der Waals surface area (Å²) in [4.78, 5) is 20.2. The topological polar surface area (TPSA) is 89.7 Å². The molecule has 1 aromatic carbocycles. The third-order valence-electron chi connectivity index (χ3n) is 2.12. The first-order valence-electron chi connectivity index (χ1n) is 5.02. The SMILES string of the molecule is O=C(O)c1cc([N+](=O)[O-])c(OCCC(F)(F)F)cc1F. The van der Waals surface area contributed by atoms with Gasteiger partial charge in [0.25, 0.3) is 0 Å². The molecule has 1 rings (SSSR count). The number of halogens is 4. The second-order valence-corrected chi connectivity index (χ2v) is 3.58. The van der Waals surface area contributed by atoms with Gasteiger partial charge in [0.15, 0.2) is 5.75 Å². The van der Waals surface area contributed by atoms with Crippen LogP contribution in [0, 0.1) is 15.9 Å². The molecule has 1 N–H and O–H groups in total. The molecule has 0 saturated heterocycles. The van der Waals surface area contributed by atoms with Crippen LogP contribution in [0.3, 0.4) is 0 Å². The Labute approximate surface area is 108 Å². The number of carboxylic acids is 1. The molecule has 0 aromatic heterocycles. The molecular weight excluding hydrogens is 290 g/mol. The van der Waals surface area contributed by atoms with Crippen molar-refractivity contribution in [1.82, 2.24) is 0 Å². The van der Waals surface area contributed by atoms with Gasteiger partial charge in [0.2, 0.25) is 0 Å².